The first kappa shape index (κ1) is 14.7. The van der Waals surface area contributed by atoms with Gasteiger partial charge in [0.05, 0.1) is 12.1 Å². The molecular weight excluding hydrogens is 246 g/mol. The summed E-state index contributed by atoms with van der Waals surface area (Å²) in [5, 5.41) is 11.7. The fourth-order valence-corrected chi connectivity index (χ4v) is 1.41. The molecule has 0 atom stereocenters. The second-order valence-electron chi connectivity index (χ2n) is 3.66. The molecule has 1 rings (SSSR count). The highest BCUT2D eigenvalue weighted by molar-refractivity contribution is 5.95. The number of nitrogens with two attached hydrogens (primary N) is 2. The van der Waals surface area contributed by atoms with E-state index in [0.29, 0.717) is 11.3 Å². The molecule has 0 aromatic heterocycles. The molecule has 6 nitrogen and oxygen atoms in total. The molecule has 1 amide bonds. The van der Waals surface area contributed by atoms with Gasteiger partial charge in [-0.25, -0.2) is 4.79 Å². The first-order valence-electron chi connectivity index (χ1n) is 5.64. The average Bonchev–Trinajstić information content (AvgIpc) is 2.37. The standard InChI is InChI=1S/C13H15N3O3/c14-6-1-2-9-3-4-10(8-11(9)13(18)19)16-12(17)5-7-15/h3-4,8H,5-7,14-15H2,(H,16,17)(H,18,19). The van der Waals surface area contributed by atoms with Gasteiger partial charge >= 0.3 is 5.97 Å². The number of anilines is 1. The molecule has 1 aromatic rings. The zero-order valence-electron chi connectivity index (χ0n) is 10.3. The Morgan fingerprint density at radius 2 is 2.05 bits per heavy atom. The summed E-state index contributed by atoms with van der Waals surface area (Å²) in [6, 6.07) is 4.48. The van der Waals surface area contributed by atoms with Crippen molar-refractivity contribution in [2.75, 3.05) is 18.4 Å². The minimum atomic E-state index is -1.11. The van der Waals surface area contributed by atoms with Crippen LogP contribution in [0.1, 0.15) is 22.3 Å². The van der Waals surface area contributed by atoms with Crippen LogP contribution in [0.3, 0.4) is 0 Å². The number of carboxylic acid groups (broad SMARTS) is 1. The largest absolute Gasteiger partial charge is 0.478 e. The van der Waals surface area contributed by atoms with Crippen LogP contribution in [-0.2, 0) is 4.79 Å². The van der Waals surface area contributed by atoms with Gasteiger partial charge in [-0.3, -0.25) is 4.79 Å². The summed E-state index contributed by atoms with van der Waals surface area (Å²) >= 11 is 0. The van der Waals surface area contributed by atoms with Crippen molar-refractivity contribution in [3.8, 4) is 11.8 Å². The maximum atomic E-state index is 11.4. The SMILES string of the molecule is NCC#Cc1ccc(NC(=O)CCN)cc1C(=O)O. The molecule has 0 heterocycles. The molecular formula is C13H15N3O3. The van der Waals surface area contributed by atoms with Crippen LogP contribution in [-0.4, -0.2) is 30.1 Å². The van der Waals surface area contributed by atoms with E-state index in [-0.39, 0.29) is 31.0 Å². The lowest BCUT2D eigenvalue weighted by Gasteiger charge is -2.06. The average molecular weight is 261 g/mol. The zero-order valence-corrected chi connectivity index (χ0v) is 10.3. The van der Waals surface area contributed by atoms with E-state index in [9.17, 15) is 9.59 Å². The fraction of sp³-hybridized carbons (Fsp3) is 0.231. The Kier molecular flexibility index (Phi) is 5.54. The summed E-state index contributed by atoms with van der Waals surface area (Å²) in [6.45, 7) is 0.381. The highest BCUT2D eigenvalue weighted by Gasteiger charge is 2.10. The molecule has 0 saturated carbocycles. The predicted octanol–water partition coefficient (Wildman–Crippen LogP) is -0.0177. The molecule has 0 aliphatic rings. The molecule has 0 fully saturated rings. The Bertz CT molecular complexity index is 544. The van der Waals surface area contributed by atoms with Gasteiger partial charge in [0.1, 0.15) is 0 Å². The Labute approximate surface area is 110 Å². The number of nitrogens with one attached hydrogen (secondary N) is 1. The van der Waals surface area contributed by atoms with Crippen LogP contribution in [0.5, 0.6) is 0 Å². The smallest absolute Gasteiger partial charge is 0.337 e. The summed E-state index contributed by atoms with van der Waals surface area (Å²) in [4.78, 5) is 22.5. The number of hydrogen-bond acceptors (Lipinski definition) is 4. The summed E-state index contributed by atoms with van der Waals surface area (Å²) in [7, 11) is 0. The topological polar surface area (TPSA) is 118 Å². The van der Waals surface area contributed by atoms with Crippen LogP contribution in [0.25, 0.3) is 0 Å². The molecule has 0 aliphatic carbocycles. The van der Waals surface area contributed by atoms with Crippen molar-refractivity contribution >= 4 is 17.6 Å². The van der Waals surface area contributed by atoms with E-state index in [1.165, 1.54) is 12.1 Å². The summed E-state index contributed by atoms with van der Waals surface area (Å²) in [6.07, 6.45) is 0.178. The van der Waals surface area contributed by atoms with Crippen molar-refractivity contribution in [2.24, 2.45) is 11.5 Å². The Balaban J connectivity index is 3.02. The first-order valence-corrected chi connectivity index (χ1v) is 5.64. The van der Waals surface area contributed by atoms with Crippen molar-refractivity contribution in [1.82, 2.24) is 0 Å². The molecule has 100 valence electrons. The molecule has 0 bridgehead atoms. The van der Waals surface area contributed by atoms with Gasteiger partial charge in [-0.1, -0.05) is 11.8 Å². The molecule has 0 saturated heterocycles. The predicted molar refractivity (Wildman–Crippen MR) is 71.6 cm³/mol. The molecule has 19 heavy (non-hydrogen) atoms. The maximum Gasteiger partial charge on any atom is 0.337 e. The van der Waals surface area contributed by atoms with Crippen molar-refractivity contribution in [1.29, 1.82) is 0 Å². The molecule has 1 aromatic carbocycles. The van der Waals surface area contributed by atoms with Gasteiger partial charge in [0.25, 0.3) is 0 Å². The molecule has 0 spiro atoms. The minimum Gasteiger partial charge on any atom is -0.478 e. The van der Waals surface area contributed by atoms with Gasteiger partial charge in [-0.05, 0) is 18.2 Å². The fourth-order valence-electron chi connectivity index (χ4n) is 1.41. The van der Waals surface area contributed by atoms with Gasteiger partial charge in [-0.2, -0.15) is 0 Å². The van der Waals surface area contributed by atoms with Crippen molar-refractivity contribution in [3.05, 3.63) is 29.3 Å². The van der Waals surface area contributed by atoms with E-state index in [1.54, 1.807) is 6.07 Å². The lowest BCUT2D eigenvalue weighted by molar-refractivity contribution is -0.116. The van der Waals surface area contributed by atoms with Crippen LogP contribution in [0.4, 0.5) is 5.69 Å². The van der Waals surface area contributed by atoms with Gasteiger partial charge < -0.3 is 21.9 Å². The third-order valence-corrected chi connectivity index (χ3v) is 2.23. The molecule has 0 aliphatic heterocycles. The van der Waals surface area contributed by atoms with E-state index < -0.39 is 5.97 Å². The lowest BCUT2D eigenvalue weighted by atomic mass is 10.1. The van der Waals surface area contributed by atoms with Crippen molar-refractivity contribution < 1.29 is 14.7 Å². The second kappa shape index (κ2) is 7.16. The second-order valence-corrected chi connectivity index (χ2v) is 3.66. The molecule has 6 N–H and O–H groups in total. The Morgan fingerprint density at radius 1 is 1.32 bits per heavy atom. The monoisotopic (exact) mass is 261 g/mol. The lowest BCUT2D eigenvalue weighted by Crippen LogP contribution is -2.16. The van der Waals surface area contributed by atoms with Gasteiger partial charge in [-0.15, -0.1) is 0 Å². The molecule has 0 radical (unpaired) electrons. The van der Waals surface area contributed by atoms with Crippen molar-refractivity contribution in [3.63, 3.8) is 0 Å². The van der Waals surface area contributed by atoms with E-state index in [1.807, 2.05) is 0 Å². The number of amides is 1. The number of hydrogen-bond donors (Lipinski definition) is 4. The number of carbonyl (C=O) groups excluding carboxylic acids is 1. The van der Waals surface area contributed by atoms with Gasteiger partial charge in [0, 0.05) is 24.2 Å². The number of carbonyl (C=O) groups is 2. The summed E-state index contributed by atoms with van der Waals surface area (Å²) in [5.74, 6) is 3.88. The highest BCUT2D eigenvalue weighted by Crippen LogP contribution is 2.15. The molecule has 0 unspecified atom stereocenters. The zero-order chi connectivity index (χ0) is 14.3. The number of carboxylic acids is 1. The van der Waals surface area contributed by atoms with Crippen LogP contribution in [0.15, 0.2) is 18.2 Å². The first-order chi connectivity index (χ1) is 9.08. The minimum absolute atomic E-state index is 0.0199. The normalized spacial score (nSPS) is 9.37. The third-order valence-electron chi connectivity index (χ3n) is 2.23. The number of aromatic carboxylic acids is 1. The van der Waals surface area contributed by atoms with Crippen LogP contribution in [0, 0.1) is 11.8 Å². The Morgan fingerprint density at radius 3 is 2.63 bits per heavy atom. The summed E-state index contributed by atoms with van der Waals surface area (Å²) in [5.41, 5.74) is 11.3. The van der Waals surface area contributed by atoms with Crippen molar-refractivity contribution in [2.45, 2.75) is 6.42 Å². The van der Waals surface area contributed by atoms with E-state index in [4.69, 9.17) is 16.6 Å². The highest BCUT2D eigenvalue weighted by atomic mass is 16.4. The van der Waals surface area contributed by atoms with Crippen LogP contribution < -0.4 is 16.8 Å². The molecule has 6 heteroatoms. The van der Waals surface area contributed by atoms with Crippen LogP contribution >= 0.6 is 0 Å². The number of rotatable bonds is 4. The van der Waals surface area contributed by atoms with Gasteiger partial charge in [0.15, 0.2) is 0 Å². The third kappa shape index (κ3) is 4.43. The Hall–Kier alpha value is -2.36. The van der Waals surface area contributed by atoms with Gasteiger partial charge in [0.2, 0.25) is 5.91 Å². The van der Waals surface area contributed by atoms with E-state index >= 15 is 0 Å². The van der Waals surface area contributed by atoms with E-state index in [2.05, 4.69) is 17.2 Å². The quantitative estimate of drug-likeness (QED) is 0.568. The van der Waals surface area contributed by atoms with E-state index in [0.717, 1.165) is 0 Å². The maximum absolute atomic E-state index is 11.4. The van der Waals surface area contributed by atoms with Crippen LogP contribution in [0.2, 0.25) is 0 Å². The number of benzene rings is 1. The summed E-state index contributed by atoms with van der Waals surface area (Å²) < 4.78 is 0.